The monoisotopic (exact) mass is 333 g/mol. The number of rotatable bonds is 4. The number of halogens is 2. The van der Waals surface area contributed by atoms with E-state index in [4.69, 9.17) is 0 Å². The summed E-state index contributed by atoms with van der Waals surface area (Å²) in [5, 5.41) is 0. The average Bonchev–Trinajstić information content (AvgIpc) is 2.61. The quantitative estimate of drug-likeness (QED) is 0.839. The lowest BCUT2D eigenvalue weighted by molar-refractivity contribution is -0.124. The summed E-state index contributed by atoms with van der Waals surface area (Å²) in [7, 11) is 0. The van der Waals surface area contributed by atoms with Crippen molar-refractivity contribution in [2.75, 3.05) is 23.4 Å². The molecule has 1 saturated heterocycles. The molecule has 0 radical (unpaired) electrons. The number of hydrazine groups is 1. The number of hydrogen-bond donors (Lipinski definition) is 2. The Balaban J connectivity index is 1.58. The van der Waals surface area contributed by atoms with Crippen LogP contribution in [0.5, 0.6) is 0 Å². The predicted molar refractivity (Wildman–Crippen MR) is 85.1 cm³/mol. The molecule has 1 atom stereocenters. The molecule has 0 bridgehead atoms. The number of carbonyl (C=O) groups is 1. The molecular weight excluding hydrogens is 316 g/mol. The van der Waals surface area contributed by atoms with E-state index in [9.17, 15) is 13.6 Å². The maximum atomic E-state index is 13.5. The van der Waals surface area contributed by atoms with E-state index in [1.54, 1.807) is 18.5 Å². The van der Waals surface area contributed by atoms with Gasteiger partial charge in [-0.3, -0.25) is 15.6 Å². The lowest BCUT2D eigenvalue weighted by Crippen LogP contribution is -2.45. The van der Waals surface area contributed by atoms with Gasteiger partial charge < -0.3 is 4.90 Å². The maximum Gasteiger partial charge on any atom is 0.243 e. The topological polar surface area (TPSA) is 70.2 Å². The molecule has 126 valence electrons. The van der Waals surface area contributed by atoms with Gasteiger partial charge in [0.25, 0.3) is 0 Å². The molecular formula is C16H17F2N5O. The molecule has 1 aliphatic rings. The highest BCUT2D eigenvalue weighted by molar-refractivity contribution is 5.80. The molecule has 2 aromatic rings. The van der Waals surface area contributed by atoms with Crippen LogP contribution in [-0.2, 0) is 4.79 Å². The van der Waals surface area contributed by atoms with Crippen molar-refractivity contribution in [2.24, 2.45) is 5.92 Å². The van der Waals surface area contributed by atoms with Crippen molar-refractivity contribution in [3.63, 3.8) is 0 Å². The summed E-state index contributed by atoms with van der Waals surface area (Å²) in [4.78, 5) is 22.6. The van der Waals surface area contributed by atoms with Gasteiger partial charge in [0, 0.05) is 31.5 Å². The van der Waals surface area contributed by atoms with E-state index in [2.05, 4.69) is 20.8 Å². The summed E-state index contributed by atoms with van der Waals surface area (Å²) in [5.74, 6) is -1.36. The number of anilines is 2. The molecule has 8 heteroatoms. The minimum atomic E-state index is -0.766. The van der Waals surface area contributed by atoms with Gasteiger partial charge in [0.05, 0.1) is 11.6 Å². The first-order valence-electron chi connectivity index (χ1n) is 7.66. The first kappa shape index (κ1) is 16.1. The van der Waals surface area contributed by atoms with Gasteiger partial charge in [0.2, 0.25) is 11.9 Å². The van der Waals surface area contributed by atoms with Gasteiger partial charge in [-0.25, -0.2) is 18.7 Å². The van der Waals surface area contributed by atoms with Crippen molar-refractivity contribution in [3.8, 4) is 0 Å². The largest absolute Gasteiger partial charge is 0.340 e. The lowest BCUT2D eigenvalue weighted by atomic mass is 9.98. The highest BCUT2D eigenvalue weighted by Gasteiger charge is 2.27. The van der Waals surface area contributed by atoms with Crippen LogP contribution in [-0.4, -0.2) is 29.0 Å². The summed E-state index contributed by atoms with van der Waals surface area (Å²) in [5.41, 5.74) is 5.00. The van der Waals surface area contributed by atoms with Crippen molar-refractivity contribution in [1.29, 1.82) is 0 Å². The molecule has 0 aliphatic carbocycles. The van der Waals surface area contributed by atoms with Gasteiger partial charge in [-0.2, -0.15) is 0 Å². The smallest absolute Gasteiger partial charge is 0.243 e. The van der Waals surface area contributed by atoms with Crippen LogP contribution < -0.4 is 15.8 Å². The van der Waals surface area contributed by atoms with E-state index < -0.39 is 11.6 Å². The number of benzene rings is 1. The van der Waals surface area contributed by atoms with Gasteiger partial charge in [0.1, 0.15) is 5.82 Å². The maximum absolute atomic E-state index is 13.5. The van der Waals surface area contributed by atoms with Crippen molar-refractivity contribution < 1.29 is 13.6 Å². The molecule has 1 aromatic heterocycles. The van der Waals surface area contributed by atoms with Gasteiger partial charge in [-0.05, 0) is 31.0 Å². The van der Waals surface area contributed by atoms with E-state index in [0.717, 1.165) is 31.5 Å². The van der Waals surface area contributed by atoms with Crippen LogP contribution in [0.25, 0.3) is 0 Å². The fourth-order valence-electron chi connectivity index (χ4n) is 2.65. The van der Waals surface area contributed by atoms with E-state index in [1.807, 2.05) is 4.90 Å². The van der Waals surface area contributed by atoms with Crippen molar-refractivity contribution >= 4 is 17.5 Å². The first-order valence-corrected chi connectivity index (χ1v) is 7.66. The Labute approximate surface area is 137 Å². The van der Waals surface area contributed by atoms with Crippen LogP contribution >= 0.6 is 0 Å². The Hall–Kier alpha value is -2.77. The molecule has 3 rings (SSSR count). The Kier molecular flexibility index (Phi) is 4.83. The SMILES string of the molecule is O=C(NNc1ccc(F)cc1F)[C@H]1CCCN(c2ncccn2)C1. The molecule has 1 aromatic carbocycles. The highest BCUT2D eigenvalue weighted by atomic mass is 19.1. The van der Waals surface area contributed by atoms with Crippen LogP contribution in [0.2, 0.25) is 0 Å². The molecule has 24 heavy (non-hydrogen) atoms. The molecule has 0 unspecified atom stereocenters. The number of amides is 1. The molecule has 2 N–H and O–H groups in total. The average molecular weight is 333 g/mol. The molecule has 0 spiro atoms. The van der Waals surface area contributed by atoms with Gasteiger partial charge in [-0.1, -0.05) is 0 Å². The molecule has 6 nitrogen and oxygen atoms in total. The van der Waals surface area contributed by atoms with Crippen LogP contribution in [0.4, 0.5) is 20.4 Å². The molecule has 0 saturated carbocycles. The zero-order valence-corrected chi connectivity index (χ0v) is 12.9. The third kappa shape index (κ3) is 3.76. The minimum absolute atomic E-state index is 0.0174. The second-order valence-corrected chi connectivity index (χ2v) is 5.57. The summed E-state index contributed by atoms with van der Waals surface area (Å²) in [6.07, 6.45) is 4.87. The zero-order valence-electron chi connectivity index (χ0n) is 12.9. The van der Waals surface area contributed by atoms with Crippen LogP contribution in [0.3, 0.4) is 0 Å². The minimum Gasteiger partial charge on any atom is -0.340 e. The highest BCUT2D eigenvalue weighted by Crippen LogP contribution is 2.20. The lowest BCUT2D eigenvalue weighted by Gasteiger charge is -2.31. The number of aromatic nitrogens is 2. The number of piperidine rings is 1. The van der Waals surface area contributed by atoms with Crippen LogP contribution in [0, 0.1) is 17.6 Å². The first-order chi connectivity index (χ1) is 11.6. The second kappa shape index (κ2) is 7.20. The Bertz CT molecular complexity index is 713. The zero-order chi connectivity index (χ0) is 16.9. The third-order valence-electron chi connectivity index (χ3n) is 3.88. The van der Waals surface area contributed by atoms with Crippen LogP contribution in [0.1, 0.15) is 12.8 Å². The summed E-state index contributed by atoms with van der Waals surface area (Å²) in [6, 6.07) is 4.84. The fourth-order valence-corrected chi connectivity index (χ4v) is 2.65. The van der Waals surface area contributed by atoms with Crippen molar-refractivity contribution in [2.45, 2.75) is 12.8 Å². The van der Waals surface area contributed by atoms with Gasteiger partial charge in [-0.15, -0.1) is 0 Å². The molecule has 1 aliphatic heterocycles. The number of hydrogen-bond acceptors (Lipinski definition) is 5. The van der Waals surface area contributed by atoms with Gasteiger partial charge in [0.15, 0.2) is 5.82 Å². The molecule has 1 amide bonds. The Morgan fingerprint density at radius 1 is 1.25 bits per heavy atom. The van der Waals surface area contributed by atoms with Crippen LogP contribution in [0.15, 0.2) is 36.7 Å². The van der Waals surface area contributed by atoms with E-state index in [0.29, 0.717) is 12.5 Å². The number of nitrogens with zero attached hydrogens (tertiary/aromatic N) is 3. The third-order valence-corrected chi connectivity index (χ3v) is 3.88. The normalized spacial score (nSPS) is 17.4. The summed E-state index contributed by atoms with van der Waals surface area (Å²) in [6.45, 7) is 1.28. The standard InChI is InChI=1S/C16H17F2N5O/c17-12-4-5-14(13(18)9-12)21-22-15(24)11-3-1-8-23(10-11)16-19-6-2-7-20-16/h2,4-7,9,11,21H,1,3,8,10H2,(H,22,24)/t11-/m0/s1. The number of carbonyl (C=O) groups excluding carboxylic acids is 1. The molecule has 2 heterocycles. The predicted octanol–water partition coefficient (Wildman–Crippen LogP) is 2.11. The van der Waals surface area contributed by atoms with E-state index in [-0.39, 0.29) is 17.5 Å². The molecule has 1 fully saturated rings. The Morgan fingerprint density at radius 3 is 2.79 bits per heavy atom. The van der Waals surface area contributed by atoms with Crippen molar-refractivity contribution in [3.05, 3.63) is 48.3 Å². The van der Waals surface area contributed by atoms with E-state index in [1.165, 1.54) is 6.07 Å². The summed E-state index contributed by atoms with van der Waals surface area (Å²) < 4.78 is 26.4. The second-order valence-electron chi connectivity index (χ2n) is 5.57. The van der Waals surface area contributed by atoms with E-state index >= 15 is 0 Å². The van der Waals surface area contributed by atoms with Gasteiger partial charge >= 0.3 is 0 Å². The Morgan fingerprint density at radius 2 is 2.04 bits per heavy atom. The fraction of sp³-hybridized carbons (Fsp3) is 0.312. The summed E-state index contributed by atoms with van der Waals surface area (Å²) >= 11 is 0. The number of nitrogens with one attached hydrogen (secondary N) is 2. The van der Waals surface area contributed by atoms with Crippen molar-refractivity contribution in [1.82, 2.24) is 15.4 Å².